The minimum atomic E-state index is 0.0769. The molecule has 2 aromatic rings. The Balaban J connectivity index is 2.18. The van der Waals surface area contributed by atoms with Crippen LogP contribution in [-0.4, -0.2) is 20.3 Å². The highest BCUT2D eigenvalue weighted by Crippen LogP contribution is 2.08. The zero-order valence-electron chi connectivity index (χ0n) is 10.5. The van der Waals surface area contributed by atoms with Crippen LogP contribution in [0.2, 0.25) is 0 Å². The summed E-state index contributed by atoms with van der Waals surface area (Å²) in [6, 6.07) is 10.0. The molecule has 17 heavy (non-hydrogen) atoms. The molecule has 1 aromatic heterocycles. The summed E-state index contributed by atoms with van der Waals surface area (Å²) in [5, 5.41) is 7.66. The molecule has 4 heteroatoms. The topological polar surface area (TPSA) is 42.7 Å². The summed E-state index contributed by atoms with van der Waals surface area (Å²) in [7, 11) is 0. The van der Waals surface area contributed by atoms with Gasteiger partial charge in [-0.1, -0.05) is 18.2 Å². The van der Waals surface area contributed by atoms with E-state index in [4.69, 9.17) is 0 Å². The summed E-state index contributed by atoms with van der Waals surface area (Å²) >= 11 is 0. The van der Waals surface area contributed by atoms with Gasteiger partial charge in [0.15, 0.2) is 0 Å². The van der Waals surface area contributed by atoms with Crippen molar-refractivity contribution in [2.24, 2.45) is 0 Å². The lowest BCUT2D eigenvalue weighted by molar-refractivity contribution is 0.415. The fourth-order valence-corrected chi connectivity index (χ4v) is 1.52. The Morgan fingerprint density at radius 3 is 2.53 bits per heavy atom. The van der Waals surface area contributed by atoms with Gasteiger partial charge in [0.25, 0.3) is 0 Å². The minimum Gasteiger partial charge on any atom is -0.305 e. The van der Waals surface area contributed by atoms with E-state index < -0.39 is 0 Å². The second-order valence-electron chi connectivity index (χ2n) is 5.03. The molecule has 1 heterocycles. The van der Waals surface area contributed by atoms with Crippen LogP contribution in [0.1, 0.15) is 26.6 Å². The summed E-state index contributed by atoms with van der Waals surface area (Å²) in [5.74, 6) is 0.922. The SMILES string of the molecule is CC(C)(C)NCc1ncnn1-c1ccccc1. The van der Waals surface area contributed by atoms with Crippen LogP contribution in [0.15, 0.2) is 36.7 Å². The molecule has 0 aliphatic heterocycles. The highest BCUT2D eigenvalue weighted by atomic mass is 15.3. The number of hydrogen-bond acceptors (Lipinski definition) is 3. The average Bonchev–Trinajstić information content (AvgIpc) is 2.75. The molecule has 0 bridgehead atoms. The van der Waals surface area contributed by atoms with E-state index in [1.165, 1.54) is 0 Å². The molecule has 0 spiro atoms. The Morgan fingerprint density at radius 2 is 1.88 bits per heavy atom. The van der Waals surface area contributed by atoms with Crippen LogP contribution in [0.5, 0.6) is 0 Å². The molecule has 0 fully saturated rings. The first-order chi connectivity index (χ1) is 8.06. The van der Waals surface area contributed by atoms with Crippen LogP contribution in [0.25, 0.3) is 5.69 Å². The van der Waals surface area contributed by atoms with Crippen LogP contribution in [-0.2, 0) is 6.54 Å². The molecule has 0 aliphatic carbocycles. The molecule has 2 rings (SSSR count). The average molecular weight is 230 g/mol. The van der Waals surface area contributed by atoms with Crippen molar-refractivity contribution < 1.29 is 0 Å². The van der Waals surface area contributed by atoms with Crippen molar-refractivity contribution in [1.82, 2.24) is 20.1 Å². The van der Waals surface area contributed by atoms with Crippen LogP contribution < -0.4 is 5.32 Å². The third-order valence-corrected chi connectivity index (χ3v) is 2.40. The molecule has 0 saturated carbocycles. The van der Waals surface area contributed by atoms with Gasteiger partial charge in [0.2, 0.25) is 0 Å². The second kappa shape index (κ2) is 4.67. The Labute approximate surface area is 102 Å². The van der Waals surface area contributed by atoms with Crippen molar-refractivity contribution in [1.29, 1.82) is 0 Å². The van der Waals surface area contributed by atoms with E-state index in [-0.39, 0.29) is 5.54 Å². The van der Waals surface area contributed by atoms with E-state index in [2.05, 4.69) is 36.2 Å². The highest BCUT2D eigenvalue weighted by Gasteiger charge is 2.12. The fourth-order valence-electron chi connectivity index (χ4n) is 1.52. The van der Waals surface area contributed by atoms with Gasteiger partial charge >= 0.3 is 0 Å². The van der Waals surface area contributed by atoms with Crippen molar-refractivity contribution in [3.05, 3.63) is 42.5 Å². The Hall–Kier alpha value is -1.68. The molecule has 0 saturated heterocycles. The highest BCUT2D eigenvalue weighted by molar-refractivity contribution is 5.30. The quantitative estimate of drug-likeness (QED) is 0.878. The molecule has 0 unspecified atom stereocenters. The summed E-state index contributed by atoms with van der Waals surface area (Å²) in [6.45, 7) is 7.11. The second-order valence-corrected chi connectivity index (χ2v) is 5.03. The molecule has 90 valence electrons. The standard InChI is InChI=1S/C13H18N4/c1-13(2,3)15-9-12-14-10-16-17(12)11-7-5-4-6-8-11/h4-8,10,15H,9H2,1-3H3. The number of rotatable bonds is 3. The third-order valence-electron chi connectivity index (χ3n) is 2.40. The van der Waals surface area contributed by atoms with Crippen LogP contribution >= 0.6 is 0 Å². The predicted octanol–water partition coefficient (Wildman–Crippen LogP) is 2.16. The molecule has 4 nitrogen and oxygen atoms in total. The van der Waals surface area contributed by atoms with Crippen LogP contribution in [0, 0.1) is 0 Å². The third kappa shape index (κ3) is 3.14. The maximum Gasteiger partial charge on any atom is 0.146 e. The van der Waals surface area contributed by atoms with E-state index in [9.17, 15) is 0 Å². The van der Waals surface area contributed by atoms with Gasteiger partial charge in [0, 0.05) is 5.54 Å². The first kappa shape index (κ1) is 11.8. The van der Waals surface area contributed by atoms with Crippen molar-refractivity contribution in [3.8, 4) is 5.69 Å². The van der Waals surface area contributed by atoms with Gasteiger partial charge in [0.1, 0.15) is 12.2 Å². The van der Waals surface area contributed by atoms with Crippen molar-refractivity contribution in [3.63, 3.8) is 0 Å². The fraction of sp³-hybridized carbons (Fsp3) is 0.385. The van der Waals surface area contributed by atoms with Gasteiger partial charge in [-0.25, -0.2) is 9.67 Å². The van der Waals surface area contributed by atoms with Crippen molar-refractivity contribution in [2.75, 3.05) is 0 Å². The number of aromatic nitrogens is 3. The number of nitrogens with one attached hydrogen (secondary N) is 1. The predicted molar refractivity (Wildman–Crippen MR) is 68.0 cm³/mol. The Morgan fingerprint density at radius 1 is 1.18 bits per heavy atom. The molecule has 0 atom stereocenters. The summed E-state index contributed by atoms with van der Waals surface area (Å²) in [4.78, 5) is 4.28. The van der Waals surface area contributed by atoms with E-state index in [1.807, 2.05) is 35.0 Å². The van der Waals surface area contributed by atoms with E-state index >= 15 is 0 Å². The van der Waals surface area contributed by atoms with Gasteiger partial charge in [-0.2, -0.15) is 5.10 Å². The lowest BCUT2D eigenvalue weighted by Gasteiger charge is -2.20. The Kier molecular flexibility index (Phi) is 3.24. The monoisotopic (exact) mass is 230 g/mol. The number of para-hydroxylation sites is 1. The van der Waals surface area contributed by atoms with E-state index in [1.54, 1.807) is 6.33 Å². The van der Waals surface area contributed by atoms with Gasteiger partial charge in [-0.3, -0.25) is 0 Å². The Bertz CT molecular complexity index is 468. The number of hydrogen-bond donors (Lipinski definition) is 1. The zero-order valence-corrected chi connectivity index (χ0v) is 10.5. The first-order valence-electron chi connectivity index (χ1n) is 5.76. The molecule has 0 radical (unpaired) electrons. The summed E-state index contributed by atoms with van der Waals surface area (Å²) in [6.07, 6.45) is 1.59. The van der Waals surface area contributed by atoms with Crippen molar-refractivity contribution in [2.45, 2.75) is 32.9 Å². The molecule has 1 N–H and O–H groups in total. The first-order valence-corrected chi connectivity index (χ1v) is 5.76. The minimum absolute atomic E-state index is 0.0769. The molecular formula is C13H18N4. The number of nitrogens with zero attached hydrogens (tertiary/aromatic N) is 3. The zero-order chi connectivity index (χ0) is 12.3. The van der Waals surface area contributed by atoms with Crippen LogP contribution in [0.4, 0.5) is 0 Å². The van der Waals surface area contributed by atoms with E-state index in [0.29, 0.717) is 6.54 Å². The molecule has 1 aromatic carbocycles. The molecule has 0 aliphatic rings. The van der Waals surface area contributed by atoms with Crippen molar-refractivity contribution >= 4 is 0 Å². The normalized spacial score (nSPS) is 11.7. The maximum atomic E-state index is 4.28. The maximum absolute atomic E-state index is 4.28. The van der Waals surface area contributed by atoms with E-state index in [0.717, 1.165) is 11.5 Å². The lowest BCUT2D eigenvalue weighted by Crippen LogP contribution is -2.35. The van der Waals surface area contributed by atoms with Crippen LogP contribution in [0.3, 0.4) is 0 Å². The smallest absolute Gasteiger partial charge is 0.146 e. The van der Waals surface area contributed by atoms with Gasteiger partial charge in [0.05, 0.1) is 12.2 Å². The number of benzene rings is 1. The summed E-state index contributed by atoms with van der Waals surface area (Å²) < 4.78 is 1.86. The largest absolute Gasteiger partial charge is 0.305 e. The van der Waals surface area contributed by atoms with Gasteiger partial charge in [-0.05, 0) is 32.9 Å². The summed E-state index contributed by atoms with van der Waals surface area (Å²) in [5.41, 5.74) is 1.11. The molecular weight excluding hydrogens is 212 g/mol. The molecule has 0 amide bonds. The van der Waals surface area contributed by atoms with Gasteiger partial charge in [-0.15, -0.1) is 0 Å². The van der Waals surface area contributed by atoms with Gasteiger partial charge < -0.3 is 5.32 Å². The lowest BCUT2D eigenvalue weighted by atomic mass is 10.1.